The lowest BCUT2D eigenvalue weighted by Gasteiger charge is -2.30. The summed E-state index contributed by atoms with van der Waals surface area (Å²) in [5, 5.41) is 2.79. The maximum atomic E-state index is 11.8. The highest BCUT2D eigenvalue weighted by Crippen LogP contribution is 2.17. The number of rotatable bonds is 4. The average Bonchev–Trinajstić information content (AvgIpc) is 2.38. The van der Waals surface area contributed by atoms with Gasteiger partial charge in [0.05, 0.1) is 19.6 Å². The number of carbonyl (C=O) groups is 2. The number of ether oxygens (including phenoxy) is 2. The Morgan fingerprint density at radius 1 is 1.41 bits per heavy atom. The van der Waals surface area contributed by atoms with E-state index in [1.165, 1.54) is 7.11 Å². The molecule has 0 aromatic heterocycles. The minimum absolute atomic E-state index is 0.0179. The van der Waals surface area contributed by atoms with Crippen LogP contribution in [-0.2, 0) is 14.3 Å². The van der Waals surface area contributed by atoms with Crippen molar-refractivity contribution in [3.05, 3.63) is 0 Å². The largest absolute Gasteiger partial charge is 0.453 e. The predicted molar refractivity (Wildman–Crippen MR) is 61.6 cm³/mol. The van der Waals surface area contributed by atoms with Crippen LogP contribution in [0, 0.1) is 5.92 Å². The molecule has 1 atom stereocenters. The first-order valence-corrected chi connectivity index (χ1v) is 5.78. The van der Waals surface area contributed by atoms with Crippen molar-refractivity contribution in [3.63, 3.8) is 0 Å². The lowest BCUT2D eigenvalue weighted by atomic mass is 9.97. The molecule has 0 aromatic carbocycles. The van der Waals surface area contributed by atoms with Crippen molar-refractivity contribution in [3.8, 4) is 0 Å². The Kier molecular flexibility index (Phi) is 5.76. The molecule has 17 heavy (non-hydrogen) atoms. The van der Waals surface area contributed by atoms with E-state index in [-0.39, 0.29) is 17.9 Å². The second-order valence-electron chi connectivity index (χ2n) is 4.04. The van der Waals surface area contributed by atoms with Crippen LogP contribution in [0.2, 0.25) is 0 Å². The van der Waals surface area contributed by atoms with E-state index in [1.54, 1.807) is 12.0 Å². The zero-order chi connectivity index (χ0) is 12.7. The lowest BCUT2D eigenvalue weighted by Crippen LogP contribution is -2.45. The SMILES string of the molecule is COCCNC(=O)C1CCCN(C(=O)OC)C1. The topological polar surface area (TPSA) is 67.9 Å². The van der Waals surface area contributed by atoms with Crippen LogP contribution in [0.4, 0.5) is 4.79 Å². The molecule has 0 radical (unpaired) electrons. The van der Waals surface area contributed by atoms with Crippen molar-refractivity contribution >= 4 is 12.0 Å². The fourth-order valence-corrected chi connectivity index (χ4v) is 1.91. The van der Waals surface area contributed by atoms with Crippen molar-refractivity contribution in [2.24, 2.45) is 5.92 Å². The summed E-state index contributed by atoms with van der Waals surface area (Å²) in [5.74, 6) is -0.157. The van der Waals surface area contributed by atoms with Gasteiger partial charge < -0.3 is 19.7 Å². The smallest absolute Gasteiger partial charge is 0.409 e. The molecule has 1 unspecified atom stereocenters. The molecule has 1 saturated heterocycles. The third kappa shape index (κ3) is 4.22. The summed E-state index contributed by atoms with van der Waals surface area (Å²) in [5.41, 5.74) is 0. The molecule has 1 aliphatic rings. The van der Waals surface area contributed by atoms with Gasteiger partial charge in [0.2, 0.25) is 5.91 Å². The second kappa shape index (κ2) is 7.11. The zero-order valence-electron chi connectivity index (χ0n) is 10.4. The van der Waals surface area contributed by atoms with Crippen LogP contribution in [-0.4, -0.2) is 57.4 Å². The number of amides is 2. The van der Waals surface area contributed by atoms with Crippen molar-refractivity contribution in [2.75, 3.05) is 40.5 Å². The molecule has 0 bridgehead atoms. The van der Waals surface area contributed by atoms with Crippen LogP contribution in [0.1, 0.15) is 12.8 Å². The van der Waals surface area contributed by atoms with E-state index in [0.717, 1.165) is 12.8 Å². The Labute approximate surface area is 101 Å². The van der Waals surface area contributed by atoms with Gasteiger partial charge in [0, 0.05) is 26.7 Å². The van der Waals surface area contributed by atoms with Crippen molar-refractivity contribution in [1.29, 1.82) is 0 Å². The highest BCUT2D eigenvalue weighted by molar-refractivity contribution is 5.79. The molecule has 0 aromatic rings. The Morgan fingerprint density at radius 3 is 2.82 bits per heavy atom. The normalized spacial score (nSPS) is 19.9. The molecular formula is C11H20N2O4. The van der Waals surface area contributed by atoms with E-state index < -0.39 is 0 Å². The monoisotopic (exact) mass is 244 g/mol. The van der Waals surface area contributed by atoms with Gasteiger partial charge >= 0.3 is 6.09 Å². The molecule has 98 valence electrons. The first-order chi connectivity index (χ1) is 8.19. The molecule has 2 amide bonds. The molecule has 1 heterocycles. The van der Waals surface area contributed by atoms with Gasteiger partial charge in [-0.05, 0) is 12.8 Å². The quantitative estimate of drug-likeness (QED) is 0.719. The highest BCUT2D eigenvalue weighted by Gasteiger charge is 2.28. The Balaban J connectivity index is 2.37. The minimum atomic E-state index is -0.362. The summed E-state index contributed by atoms with van der Waals surface area (Å²) in [6.07, 6.45) is 1.28. The number of piperidine rings is 1. The number of nitrogens with zero attached hydrogens (tertiary/aromatic N) is 1. The Morgan fingerprint density at radius 2 is 2.18 bits per heavy atom. The maximum absolute atomic E-state index is 11.8. The molecule has 1 fully saturated rings. The number of hydrogen-bond donors (Lipinski definition) is 1. The molecule has 1 rings (SSSR count). The van der Waals surface area contributed by atoms with Crippen LogP contribution in [0.3, 0.4) is 0 Å². The van der Waals surface area contributed by atoms with Crippen LogP contribution < -0.4 is 5.32 Å². The van der Waals surface area contributed by atoms with Gasteiger partial charge in [-0.2, -0.15) is 0 Å². The number of nitrogens with one attached hydrogen (secondary N) is 1. The van der Waals surface area contributed by atoms with Gasteiger partial charge in [0.15, 0.2) is 0 Å². The second-order valence-corrected chi connectivity index (χ2v) is 4.04. The molecule has 1 aliphatic heterocycles. The standard InChI is InChI=1S/C11H20N2O4/c1-16-7-5-12-10(14)9-4-3-6-13(8-9)11(15)17-2/h9H,3-8H2,1-2H3,(H,12,14). The third-order valence-electron chi connectivity index (χ3n) is 2.83. The van der Waals surface area contributed by atoms with Crippen LogP contribution in [0.25, 0.3) is 0 Å². The third-order valence-corrected chi connectivity index (χ3v) is 2.83. The fourth-order valence-electron chi connectivity index (χ4n) is 1.91. The van der Waals surface area contributed by atoms with Gasteiger partial charge in [0.1, 0.15) is 0 Å². The van der Waals surface area contributed by atoms with Gasteiger partial charge in [-0.1, -0.05) is 0 Å². The molecule has 0 aliphatic carbocycles. The molecule has 6 heteroatoms. The highest BCUT2D eigenvalue weighted by atomic mass is 16.5. The van der Waals surface area contributed by atoms with E-state index in [1.807, 2.05) is 0 Å². The van der Waals surface area contributed by atoms with Crippen molar-refractivity contribution in [2.45, 2.75) is 12.8 Å². The minimum Gasteiger partial charge on any atom is -0.453 e. The average molecular weight is 244 g/mol. The number of carbonyl (C=O) groups excluding carboxylic acids is 2. The van der Waals surface area contributed by atoms with Gasteiger partial charge in [0.25, 0.3) is 0 Å². The van der Waals surface area contributed by atoms with E-state index in [4.69, 9.17) is 4.74 Å². The summed E-state index contributed by atoms with van der Waals surface area (Å²) in [6, 6.07) is 0. The van der Waals surface area contributed by atoms with Crippen LogP contribution in [0.5, 0.6) is 0 Å². The molecule has 0 spiro atoms. The lowest BCUT2D eigenvalue weighted by molar-refractivity contribution is -0.126. The predicted octanol–water partition coefficient (Wildman–Crippen LogP) is 0.227. The summed E-state index contributed by atoms with van der Waals surface area (Å²) in [7, 11) is 2.94. The number of hydrogen-bond acceptors (Lipinski definition) is 4. The molecule has 6 nitrogen and oxygen atoms in total. The van der Waals surface area contributed by atoms with Crippen LogP contribution >= 0.6 is 0 Å². The molecule has 1 N–H and O–H groups in total. The van der Waals surface area contributed by atoms with Crippen molar-refractivity contribution in [1.82, 2.24) is 10.2 Å². The summed E-state index contributed by atoms with van der Waals surface area (Å²) in [4.78, 5) is 24.7. The summed E-state index contributed by atoms with van der Waals surface area (Å²) in [6.45, 7) is 2.10. The Hall–Kier alpha value is -1.30. The summed E-state index contributed by atoms with van der Waals surface area (Å²) < 4.78 is 9.51. The van der Waals surface area contributed by atoms with Gasteiger partial charge in [-0.15, -0.1) is 0 Å². The van der Waals surface area contributed by atoms with E-state index >= 15 is 0 Å². The van der Waals surface area contributed by atoms with Gasteiger partial charge in [-0.3, -0.25) is 4.79 Å². The first-order valence-electron chi connectivity index (χ1n) is 5.78. The first kappa shape index (κ1) is 13.8. The maximum Gasteiger partial charge on any atom is 0.409 e. The molecule has 0 saturated carbocycles. The van der Waals surface area contributed by atoms with E-state index in [0.29, 0.717) is 26.2 Å². The van der Waals surface area contributed by atoms with Crippen LogP contribution in [0.15, 0.2) is 0 Å². The Bertz CT molecular complexity index is 270. The molecular weight excluding hydrogens is 224 g/mol. The zero-order valence-corrected chi connectivity index (χ0v) is 10.4. The van der Waals surface area contributed by atoms with Gasteiger partial charge in [-0.25, -0.2) is 4.79 Å². The summed E-state index contributed by atoms with van der Waals surface area (Å²) >= 11 is 0. The number of methoxy groups -OCH3 is 2. The van der Waals surface area contributed by atoms with E-state index in [9.17, 15) is 9.59 Å². The number of likely N-dealkylation sites (tertiary alicyclic amines) is 1. The fraction of sp³-hybridized carbons (Fsp3) is 0.818. The van der Waals surface area contributed by atoms with E-state index in [2.05, 4.69) is 10.1 Å². The van der Waals surface area contributed by atoms with Crippen molar-refractivity contribution < 1.29 is 19.1 Å².